The highest BCUT2D eigenvalue weighted by molar-refractivity contribution is 6.30. The van der Waals surface area contributed by atoms with Crippen molar-refractivity contribution in [3.05, 3.63) is 53.4 Å². The van der Waals surface area contributed by atoms with Crippen molar-refractivity contribution in [1.82, 2.24) is 15.1 Å². The molecule has 0 bridgehead atoms. The standard InChI is InChI=1S/C20H20ClN5O2/c1-12-8-10-26(19(12)27)18-7-9-22-20(24-18)23-13(2)17-11-16(25-28-17)14-3-5-15(21)6-4-14/h3-7,9,11-13H,8,10H2,1-2H3,(H,22,23,24)/t12-,13-/m0/s1. The normalized spacial score (nSPS) is 17.8. The van der Waals surface area contributed by atoms with Crippen LogP contribution in [0, 0.1) is 5.92 Å². The Hall–Kier alpha value is -2.93. The SMILES string of the molecule is C[C@H](Nc1nccc(N2CC[C@H](C)C2=O)n1)c1cc(-c2ccc(Cl)cc2)no1. The fourth-order valence-electron chi connectivity index (χ4n) is 3.13. The van der Waals surface area contributed by atoms with Gasteiger partial charge < -0.3 is 9.84 Å². The minimum Gasteiger partial charge on any atom is -0.359 e. The maximum atomic E-state index is 12.2. The zero-order chi connectivity index (χ0) is 19.7. The minimum atomic E-state index is -0.197. The summed E-state index contributed by atoms with van der Waals surface area (Å²) in [7, 11) is 0. The molecule has 2 atom stereocenters. The zero-order valence-electron chi connectivity index (χ0n) is 15.6. The topological polar surface area (TPSA) is 84.2 Å². The maximum absolute atomic E-state index is 12.2. The summed E-state index contributed by atoms with van der Waals surface area (Å²) in [5, 5.41) is 8.00. The molecule has 0 unspecified atom stereocenters. The van der Waals surface area contributed by atoms with Gasteiger partial charge in [0.05, 0.1) is 6.04 Å². The summed E-state index contributed by atoms with van der Waals surface area (Å²) < 4.78 is 5.48. The Morgan fingerprint density at radius 3 is 2.79 bits per heavy atom. The van der Waals surface area contributed by atoms with Crippen molar-refractivity contribution < 1.29 is 9.32 Å². The molecule has 144 valence electrons. The number of carbonyl (C=O) groups is 1. The summed E-state index contributed by atoms with van der Waals surface area (Å²) in [4.78, 5) is 22.7. The molecule has 1 N–H and O–H groups in total. The molecular formula is C20H20ClN5O2. The first-order valence-corrected chi connectivity index (χ1v) is 9.52. The molecule has 1 aliphatic heterocycles. The molecule has 1 fully saturated rings. The lowest BCUT2D eigenvalue weighted by Gasteiger charge is -2.16. The van der Waals surface area contributed by atoms with Crippen LogP contribution < -0.4 is 10.2 Å². The third-order valence-corrected chi connectivity index (χ3v) is 5.08. The van der Waals surface area contributed by atoms with E-state index >= 15 is 0 Å². The predicted octanol–water partition coefficient (Wildman–Crippen LogP) is 4.33. The molecule has 3 aromatic rings. The number of rotatable bonds is 5. The Labute approximate surface area is 167 Å². The van der Waals surface area contributed by atoms with Gasteiger partial charge in [0.1, 0.15) is 11.5 Å². The van der Waals surface area contributed by atoms with E-state index in [1.54, 1.807) is 17.2 Å². The average molecular weight is 398 g/mol. The lowest BCUT2D eigenvalue weighted by atomic mass is 10.1. The lowest BCUT2D eigenvalue weighted by Crippen LogP contribution is -2.27. The van der Waals surface area contributed by atoms with E-state index in [-0.39, 0.29) is 17.9 Å². The van der Waals surface area contributed by atoms with Crippen LogP contribution in [-0.4, -0.2) is 27.6 Å². The van der Waals surface area contributed by atoms with Crippen LogP contribution in [0.3, 0.4) is 0 Å². The Morgan fingerprint density at radius 2 is 2.07 bits per heavy atom. The number of anilines is 2. The molecule has 8 heteroatoms. The monoisotopic (exact) mass is 397 g/mol. The van der Waals surface area contributed by atoms with Crippen LogP contribution >= 0.6 is 11.6 Å². The quantitative estimate of drug-likeness (QED) is 0.689. The molecule has 0 radical (unpaired) electrons. The first kappa shape index (κ1) is 18.4. The summed E-state index contributed by atoms with van der Waals surface area (Å²) in [6.45, 7) is 4.55. The molecule has 0 aliphatic carbocycles. The van der Waals surface area contributed by atoms with E-state index in [9.17, 15) is 4.79 Å². The Morgan fingerprint density at radius 1 is 1.29 bits per heavy atom. The highest BCUT2D eigenvalue weighted by atomic mass is 35.5. The first-order valence-electron chi connectivity index (χ1n) is 9.15. The van der Waals surface area contributed by atoms with Gasteiger partial charge in [-0.1, -0.05) is 35.8 Å². The number of halogens is 1. The number of carbonyl (C=O) groups excluding carboxylic acids is 1. The Balaban J connectivity index is 1.48. The second kappa shape index (κ2) is 7.59. The van der Waals surface area contributed by atoms with Gasteiger partial charge in [0.15, 0.2) is 5.76 Å². The predicted molar refractivity (Wildman–Crippen MR) is 107 cm³/mol. The highest BCUT2D eigenvalue weighted by Crippen LogP contribution is 2.27. The summed E-state index contributed by atoms with van der Waals surface area (Å²) in [5.41, 5.74) is 1.65. The van der Waals surface area contributed by atoms with E-state index in [0.29, 0.717) is 29.1 Å². The second-order valence-electron chi connectivity index (χ2n) is 6.91. The van der Waals surface area contributed by atoms with Gasteiger partial charge in [-0.15, -0.1) is 0 Å². The molecule has 0 spiro atoms. The molecule has 1 aromatic carbocycles. The van der Waals surface area contributed by atoms with Crippen LogP contribution in [0.4, 0.5) is 11.8 Å². The van der Waals surface area contributed by atoms with Crippen LogP contribution in [0.5, 0.6) is 0 Å². The number of hydrogen-bond donors (Lipinski definition) is 1. The van der Waals surface area contributed by atoms with E-state index in [1.807, 2.05) is 44.2 Å². The fraction of sp³-hybridized carbons (Fsp3) is 0.300. The van der Waals surface area contributed by atoms with Crippen molar-refractivity contribution in [1.29, 1.82) is 0 Å². The van der Waals surface area contributed by atoms with Crippen molar-refractivity contribution in [3.63, 3.8) is 0 Å². The van der Waals surface area contributed by atoms with Gasteiger partial charge in [-0.2, -0.15) is 4.98 Å². The van der Waals surface area contributed by atoms with Gasteiger partial charge in [-0.25, -0.2) is 4.98 Å². The number of benzene rings is 1. The lowest BCUT2D eigenvalue weighted by molar-refractivity contribution is -0.119. The van der Waals surface area contributed by atoms with Crippen molar-refractivity contribution in [3.8, 4) is 11.3 Å². The van der Waals surface area contributed by atoms with Crippen LogP contribution in [0.1, 0.15) is 32.1 Å². The van der Waals surface area contributed by atoms with Crippen molar-refractivity contribution in [2.75, 3.05) is 16.8 Å². The minimum absolute atomic E-state index is 0.0331. The van der Waals surface area contributed by atoms with Crippen molar-refractivity contribution in [2.24, 2.45) is 5.92 Å². The number of nitrogens with one attached hydrogen (secondary N) is 1. The number of nitrogens with zero attached hydrogens (tertiary/aromatic N) is 4. The largest absolute Gasteiger partial charge is 0.359 e. The Kier molecular flexibility index (Phi) is 5.00. The fourth-order valence-corrected chi connectivity index (χ4v) is 3.26. The van der Waals surface area contributed by atoms with Gasteiger partial charge in [-0.3, -0.25) is 9.69 Å². The third kappa shape index (κ3) is 3.71. The highest BCUT2D eigenvalue weighted by Gasteiger charge is 2.30. The van der Waals surface area contributed by atoms with Crippen LogP contribution in [0.25, 0.3) is 11.3 Å². The summed E-state index contributed by atoms with van der Waals surface area (Å²) >= 11 is 5.93. The number of amides is 1. The van der Waals surface area contributed by atoms with E-state index in [0.717, 1.165) is 17.7 Å². The molecule has 1 aliphatic rings. The van der Waals surface area contributed by atoms with Crippen molar-refractivity contribution in [2.45, 2.75) is 26.3 Å². The van der Waals surface area contributed by atoms with E-state index in [4.69, 9.17) is 16.1 Å². The first-order chi connectivity index (χ1) is 13.5. The van der Waals surface area contributed by atoms with Crippen LogP contribution in [0.2, 0.25) is 5.02 Å². The average Bonchev–Trinajstić information content (AvgIpc) is 3.31. The molecule has 7 nitrogen and oxygen atoms in total. The molecule has 0 saturated carbocycles. The molecule has 28 heavy (non-hydrogen) atoms. The number of aromatic nitrogens is 3. The van der Waals surface area contributed by atoms with Gasteiger partial charge >= 0.3 is 0 Å². The number of hydrogen-bond acceptors (Lipinski definition) is 6. The van der Waals surface area contributed by atoms with Gasteiger partial charge in [0, 0.05) is 35.3 Å². The van der Waals surface area contributed by atoms with Crippen LogP contribution in [0.15, 0.2) is 47.1 Å². The van der Waals surface area contributed by atoms with Crippen molar-refractivity contribution >= 4 is 29.3 Å². The molecule has 3 heterocycles. The second-order valence-corrected chi connectivity index (χ2v) is 7.34. The maximum Gasteiger partial charge on any atom is 0.231 e. The van der Waals surface area contributed by atoms with Crippen LogP contribution in [-0.2, 0) is 4.79 Å². The molecule has 1 amide bonds. The van der Waals surface area contributed by atoms with E-state index < -0.39 is 0 Å². The summed E-state index contributed by atoms with van der Waals surface area (Å²) in [6, 6.07) is 10.8. The summed E-state index contributed by atoms with van der Waals surface area (Å²) in [6.07, 6.45) is 2.49. The van der Waals surface area contributed by atoms with Gasteiger partial charge in [0.25, 0.3) is 0 Å². The van der Waals surface area contributed by atoms with Gasteiger partial charge in [-0.05, 0) is 31.5 Å². The molecule has 2 aromatic heterocycles. The zero-order valence-corrected chi connectivity index (χ0v) is 16.3. The smallest absolute Gasteiger partial charge is 0.231 e. The van der Waals surface area contributed by atoms with E-state index in [2.05, 4.69) is 20.4 Å². The molecule has 4 rings (SSSR count). The molecule has 1 saturated heterocycles. The molecular weight excluding hydrogens is 378 g/mol. The van der Waals surface area contributed by atoms with E-state index in [1.165, 1.54) is 0 Å². The Bertz CT molecular complexity index is 988. The summed E-state index contributed by atoms with van der Waals surface area (Å²) in [5.74, 6) is 1.83. The van der Waals surface area contributed by atoms with Gasteiger partial charge in [0.2, 0.25) is 11.9 Å². The third-order valence-electron chi connectivity index (χ3n) is 4.83.